The molecule has 0 radical (unpaired) electrons. The molecule has 1 aliphatic rings. The number of likely N-dealkylation sites (tertiary alicyclic amines) is 1. The van der Waals surface area contributed by atoms with E-state index in [1.165, 1.54) is 10.9 Å². The lowest BCUT2D eigenvalue weighted by atomic mass is 9.94. The molecule has 242 valence electrons. The van der Waals surface area contributed by atoms with Crippen molar-refractivity contribution in [3.63, 3.8) is 0 Å². The van der Waals surface area contributed by atoms with Gasteiger partial charge in [0.25, 0.3) is 13.9 Å². The van der Waals surface area contributed by atoms with Gasteiger partial charge in [-0.25, -0.2) is 9.78 Å². The summed E-state index contributed by atoms with van der Waals surface area (Å²) in [5, 5.41) is 2.42. The highest BCUT2D eigenvalue weighted by Crippen LogP contribution is 2.40. The second-order valence-corrected chi connectivity index (χ2v) is 18.4. The lowest BCUT2D eigenvalue weighted by Crippen LogP contribution is -2.69. The van der Waals surface area contributed by atoms with E-state index in [4.69, 9.17) is 9.16 Å². The van der Waals surface area contributed by atoms with E-state index in [1.807, 2.05) is 63.2 Å². The molecule has 3 aromatic carbocycles. The standard InChI is InChI=1S/C37H45N3O5Si/c1-36(2,3)44-35(43)40-23-15-22-33(32(40)24-27(41)25-39-26-38-31-21-14-13-20-30(31)34(39)42)45-46(37(4,5)6,28-16-9-7-10-17-28)29-18-11-8-12-19-29/h7-14,16-21,26,32-33H,15,22-25H2,1-6H3/t32-,33+/m1/s1. The van der Waals surface area contributed by atoms with Crippen molar-refractivity contribution in [3.05, 3.63) is 102 Å². The molecule has 0 spiro atoms. The summed E-state index contributed by atoms with van der Waals surface area (Å²) in [5.74, 6) is -0.185. The number of Topliss-reactive ketones (excluding diaryl/α,β-unsaturated/α-hetero) is 1. The number of para-hydroxylation sites is 1. The van der Waals surface area contributed by atoms with Crippen molar-refractivity contribution in [1.82, 2.24) is 14.5 Å². The van der Waals surface area contributed by atoms with Gasteiger partial charge in [0.05, 0.1) is 35.9 Å². The largest absolute Gasteiger partial charge is 0.444 e. The van der Waals surface area contributed by atoms with Gasteiger partial charge in [0, 0.05) is 13.0 Å². The van der Waals surface area contributed by atoms with Crippen LogP contribution in [0.3, 0.4) is 0 Å². The molecule has 0 unspecified atom stereocenters. The summed E-state index contributed by atoms with van der Waals surface area (Å²) in [6, 6.07) is 27.2. The molecule has 1 aromatic heterocycles. The highest BCUT2D eigenvalue weighted by molar-refractivity contribution is 6.99. The number of aromatic nitrogens is 2. The Morgan fingerprint density at radius 3 is 2.04 bits per heavy atom. The topological polar surface area (TPSA) is 90.7 Å². The van der Waals surface area contributed by atoms with Crippen LogP contribution in [0, 0.1) is 0 Å². The van der Waals surface area contributed by atoms with Gasteiger partial charge in [-0.15, -0.1) is 0 Å². The van der Waals surface area contributed by atoms with Crippen LogP contribution in [-0.2, 0) is 20.5 Å². The minimum atomic E-state index is -3.01. The first-order valence-corrected chi connectivity index (χ1v) is 18.0. The van der Waals surface area contributed by atoms with Gasteiger partial charge in [0.1, 0.15) is 5.60 Å². The number of benzene rings is 3. The Morgan fingerprint density at radius 2 is 1.46 bits per heavy atom. The number of carbonyl (C=O) groups is 2. The van der Waals surface area contributed by atoms with Crippen LogP contribution in [0.15, 0.2) is 96.1 Å². The van der Waals surface area contributed by atoms with Crippen LogP contribution in [0.25, 0.3) is 10.9 Å². The Morgan fingerprint density at radius 1 is 0.870 bits per heavy atom. The highest BCUT2D eigenvalue weighted by atomic mass is 28.4. The molecule has 1 aliphatic heterocycles. The summed E-state index contributed by atoms with van der Waals surface area (Å²) < 4.78 is 14.7. The van der Waals surface area contributed by atoms with Crippen molar-refractivity contribution in [3.8, 4) is 0 Å². The van der Waals surface area contributed by atoms with Gasteiger partial charge in [-0.1, -0.05) is 93.6 Å². The number of ketones is 1. The van der Waals surface area contributed by atoms with Crippen LogP contribution in [-0.4, -0.2) is 58.9 Å². The SMILES string of the molecule is CC(C)(C)OC(=O)N1CCC[C@H](O[Si](c2ccccc2)(c2ccccc2)C(C)(C)C)[C@H]1CC(=O)Cn1cnc2ccccc2c1=O. The van der Waals surface area contributed by atoms with E-state index in [2.05, 4.69) is 50.0 Å². The monoisotopic (exact) mass is 639 g/mol. The molecule has 0 N–H and O–H groups in total. The number of rotatable bonds is 8. The second-order valence-electron chi connectivity index (χ2n) is 14.1. The zero-order valence-electron chi connectivity index (χ0n) is 27.7. The summed E-state index contributed by atoms with van der Waals surface area (Å²) in [5.41, 5.74) is -0.397. The molecule has 1 fully saturated rings. The summed E-state index contributed by atoms with van der Waals surface area (Å²) in [6.45, 7) is 12.5. The minimum absolute atomic E-state index is 0.0153. The molecular weight excluding hydrogens is 595 g/mol. The van der Waals surface area contributed by atoms with E-state index in [0.717, 1.165) is 10.4 Å². The molecule has 2 heterocycles. The smallest absolute Gasteiger partial charge is 0.410 e. The molecule has 0 bridgehead atoms. The third-order valence-electron chi connectivity index (χ3n) is 8.61. The molecule has 0 saturated carbocycles. The molecule has 9 heteroatoms. The van der Waals surface area contributed by atoms with E-state index in [0.29, 0.717) is 30.3 Å². The van der Waals surface area contributed by atoms with Crippen molar-refractivity contribution in [2.75, 3.05) is 6.54 Å². The summed E-state index contributed by atoms with van der Waals surface area (Å²) in [4.78, 5) is 46.9. The molecule has 46 heavy (non-hydrogen) atoms. The molecule has 4 aromatic rings. The molecule has 5 rings (SSSR count). The fourth-order valence-corrected chi connectivity index (χ4v) is 11.3. The molecule has 2 atom stereocenters. The normalized spacial score (nSPS) is 17.6. The lowest BCUT2D eigenvalue weighted by molar-refractivity contribution is -0.122. The average molecular weight is 640 g/mol. The first-order valence-electron chi connectivity index (χ1n) is 16.0. The van der Waals surface area contributed by atoms with E-state index in [1.54, 1.807) is 23.1 Å². The third kappa shape index (κ3) is 7.00. The van der Waals surface area contributed by atoms with Crippen molar-refractivity contribution in [2.45, 2.75) is 90.1 Å². The number of amides is 1. The molecule has 1 amide bonds. The molecule has 1 saturated heterocycles. The van der Waals surface area contributed by atoms with Crippen LogP contribution in [0.1, 0.15) is 60.8 Å². The Balaban J connectivity index is 1.55. The Hall–Kier alpha value is -4.08. The number of ether oxygens (including phenoxy) is 1. The highest BCUT2D eigenvalue weighted by Gasteiger charge is 2.53. The van der Waals surface area contributed by atoms with E-state index in [9.17, 15) is 14.4 Å². The Bertz CT molecular complexity index is 1690. The van der Waals surface area contributed by atoms with Crippen LogP contribution >= 0.6 is 0 Å². The van der Waals surface area contributed by atoms with Crippen LogP contribution < -0.4 is 15.9 Å². The first kappa shape index (κ1) is 33.3. The van der Waals surface area contributed by atoms with Crippen molar-refractivity contribution in [2.24, 2.45) is 0 Å². The first-order chi connectivity index (χ1) is 21.8. The zero-order chi connectivity index (χ0) is 33.1. The number of nitrogens with zero attached hydrogens (tertiary/aromatic N) is 3. The summed E-state index contributed by atoms with van der Waals surface area (Å²) in [7, 11) is -3.01. The van der Waals surface area contributed by atoms with Gasteiger partial charge in [-0.2, -0.15) is 0 Å². The van der Waals surface area contributed by atoms with Gasteiger partial charge in [-0.3, -0.25) is 14.2 Å². The van der Waals surface area contributed by atoms with Crippen molar-refractivity contribution < 1.29 is 18.8 Å². The van der Waals surface area contributed by atoms with Gasteiger partial charge < -0.3 is 14.1 Å². The van der Waals surface area contributed by atoms with Gasteiger partial charge in [0.2, 0.25) is 0 Å². The molecular formula is C37H45N3O5Si. The molecule has 8 nitrogen and oxygen atoms in total. The average Bonchev–Trinajstić information content (AvgIpc) is 3.01. The lowest BCUT2D eigenvalue weighted by Gasteiger charge is -2.49. The maximum absolute atomic E-state index is 13.9. The quantitative estimate of drug-likeness (QED) is 0.230. The fourth-order valence-electron chi connectivity index (χ4n) is 6.57. The maximum atomic E-state index is 13.9. The predicted molar refractivity (Wildman–Crippen MR) is 184 cm³/mol. The minimum Gasteiger partial charge on any atom is -0.444 e. The van der Waals surface area contributed by atoms with Gasteiger partial charge in [-0.05, 0) is 61.2 Å². The number of hydrogen-bond acceptors (Lipinski definition) is 6. The van der Waals surface area contributed by atoms with Crippen LogP contribution in [0.5, 0.6) is 0 Å². The number of piperidine rings is 1. The van der Waals surface area contributed by atoms with E-state index < -0.39 is 32.2 Å². The number of hydrogen-bond donors (Lipinski definition) is 0. The summed E-state index contributed by atoms with van der Waals surface area (Å²) >= 11 is 0. The number of carbonyl (C=O) groups excluding carboxylic acids is 2. The van der Waals surface area contributed by atoms with E-state index >= 15 is 0 Å². The second kappa shape index (κ2) is 13.3. The van der Waals surface area contributed by atoms with Crippen molar-refractivity contribution in [1.29, 1.82) is 0 Å². The van der Waals surface area contributed by atoms with Gasteiger partial charge in [0.15, 0.2) is 5.78 Å². The Labute approximate surface area is 272 Å². The van der Waals surface area contributed by atoms with Crippen molar-refractivity contribution >= 4 is 41.5 Å². The zero-order valence-corrected chi connectivity index (χ0v) is 28.7. The molecule has 0 aliphatic carbocycles. The maximum Gasteiger partial charge on any atom is 0.410 e. The fraction of sp³-hybridized carbons (Fsp3) is 0.405. The summed E-state index contributed by atoms with van der Waals surface area (Å²) in [6.07, 6.45) is 1.92. The van der Waals surface area contributed by atoms with Gasteiger partial charge >= 0.3 is 6.09 Å². The van der Waals surface area contributed by atoms with Crippen LogP contribution in [0.2, 0.25) is 5.04 Å². The third-order valence-corrected chi connectivity index (χ3v) is 13.7. The Kier molecular flexibility index (Phi) is 9.65. The number of fused-ring (bicyclic) bond motifs is 1. The van der Waals surface area contributed by atoms with Crippen LogP contribution in [0.4, 0.5) is 4.79 Å². The van der Waals surface area contributed by atoms with E-state index in [-0.39, 0.29) is 29.3 Å². The predicted octanol–water partition coefficient (Wildman–Crippen LogP) is 5.70.